The number of carbonyl (C=O) groups is 2. The summed E-state index contributed by atoms with van der Waals surface area (Å²) in [7, 11) is 0. The van der Waals surface area contributed by atoms with Gasteiger partial charge in [0.05, 0.1) is 13.0 Å². The highest BCUT2D eigenvalue weighted by atomic mass is 32.1. The highest BCUT2D eigenvalue weighted by Gasteiger charge is 2.25. The van der Waals surface area contributed by atoms with E-state index in [0.717, 1.165) is 68.1 Å². The Morgan fingerprint density at radius 1 is 1.03 bits per heavy atom. The Bertz CT molecular complexity index is 857. The molecule has 0 N–H and O–H groups in total. The zero-order valence-electron chi connectivity index (χ0n) is 18.3. The molecule has 4 rings (SSSR count). The predicted octanol–water partition coefficient (Wildman–Crippen LogP) is 4.48. The molecule has 31 heavy (non-hydrogen) atoms. The van der Waals surface area contributed by atoms with Crippen molar-refractivity contribution in [3.05, 3.63) is 52.2 Å². The molecule has 0 radical (unpaired) electrons. The Morgan fingerprint density at radius 2 is 1.81 bits per heavy atom. The van der Waals surface area contributed by atoms with Gasteiger partial charge in [-0.1, -0.05) is 13.0 Å². The summed E-state index contributed by atoms with van der Waals surface area (Å²) in [5.41, 5.74) is 0.727. The van der Waals surface area contributed by atoms with Crippen LogP contribution >= 0.6 is 11.3 Å². The van der Waals surface area contributed by atoms with Gasteiger partial charge < -0.3 is 14.5 Å². The summed E-state index contributed by atoms with van der Waals surface area (Å²) in [5, 5.41) is 2.02. The molecular formula is C25H32N2O3S. The molecule has 5 nitrogen and oxygen atoms in total. The molecule has 2 fully saturated rings. The van der Waals surface area contributed by atoms with Crippen LogP contribution in [0, 0.1) is 11.8 Å². The van der Waals surface area contributed by atoms with Crippen molar-refractivity contribution in [3.63, 3.8) is 0 Å². The molecule has 2 aliphatic heterocycles. The van der Waals surface area contributed by atoms with Gasteiger partial charge in [0.25, 0.3) is 5.91 Å². The highest BCUT2D eigenvalue weighted by molar-refractivity contribution is 7.10. The Balaban J connectivity index is 1.25. The number of likely N-dealkylation sites (tertiary alicyclic amines) is 2. The fourth-order valence-corrected chi connectivity index (χ4v) is 5.10. The molecule has 3 heterocycles. The Morgan fingerprint density at radius 3 is 2.52 bits per heavy atom. The maximum absolute atomic E-state index is 12.7. The summed E-state index contributed by atoms with van der Waals surface area (Å²) in [6.07, 6.45) is 4.76. The molecule has 0 spiro atoms. The molecule has 2 aliphatic rings. The van der Waals surface area contributed by atoms with Crippen LogP contribution in [0.15, 0.2) is 41.8 Å². The molecule has 1 atom stereocenters. The Hall–Kier alpha value is -2.34. The van der Waals surface area contributed by atoms with Crippen molar-refractivity contribution in [3.8, 4) is 5.75 Å². The smallest absolute Gasteiger partial charge is 0.253 e. The number of nitrogens with zero attached hydrogens (tertiary/aromatic N) is 2. The van der Waals surface area contributed by atoms with Crippen molar-refractivity contribution in [1.29, 1.82) is 0 Å². The average molecular weight is 441 g/mol. The topological polar surface area (TPSA) is 49.9 Å². The largest absolute Gasteiger partial charge is 0.493 e. The third-order valence-corrected chi connectivity index (χ3v) is 7.31. The van der Waals surface area contributed by atoms with Gasteiger partial charge in [-0.15, -0.1) is 11.3 Å². The molecule has 1 aromatic heterocycles. The van der Waals surface area contributed by atoms with Crippen molar-refractivity contribution in [2.24, 2.45) is 11.8 Å². The van der Waals surface area contributed by atoms with E-state index in [1.54, 1.807) is 11.3 Å². The van der Waals surface area contributed by atoms with Gasteiger partial charge in [-0.2, -0.15) is 0 Å². The quantitative estimate of drug-likeness (QED) is 0.665. The summed E-state index contributed by atoms with van der Waals surface area (Å²) in [6.45, 7) is 6.14. The molecule has 166 valence electrons. The second-order valence-electron chi connectivity index (χ2n) is 8.91. The lowest BCUT2D eigenvalue weighted by Gasteiger charge is -2.32. The van der Waals surface area contributed by atoms with Crippen LogP contribution in [0.4, 0.5) is 0 Å². The molecule has 1 aromatic carbocycles. The number of piperidine rings is 2. The number of hydrogen-bond donors (Lipinski definition) is 0. The van der Waals surface area contributed by atoms with E-state index in [9.17, 15) is 9.59 Å². The first-order valence-corrected chi connectivity index (χ1v) is 12.3. The van der Waals surface area contributed by atoms with Crippen molar-refractivity contribution >= 4 is 23.2 Å². The van der Waals surface area contributed by atoms with E-state index in [1.807, 2.05) is 51.6 Å². The average Bonchev–Trinajstić information content (AvgIpc) is 3.31. The predicted molar refractivity (Wildman–Crippen MR) is 124 cm³/mol. The fraction of sp³-hybridized carbons (Fsp3) is 0.520. The third kappa shape index (κ3) is 5.88. The van der Waals surface area contributed by atoms with E-state index in [2.05, 4.69) is 6.92 Å². The van der Waals surface area contributed by atoms with Gasteiger partial charge in [-0.3, -0.25) is 9.59 Å². The normalized spacial score (nSPS) is 20.0. The number of ether oxygens (including phenoxy) is 1. The summed E-state index contributed by atoms with van der Waals surface area (Å²) < 4.78 is 6.01. The minimum Gasteiger partial charge on any atom is -0.493 e. The maximum Gasteiger partial charge on any atom is 0.253 e. The monoisotopic (exact) mass is 440 g/mol. The summed E-state index contributed by atoms with van der Waals surface area (Å²) >= 11 is 1.64. The number of hydrogen-bond acceptors (Lipinski definition) is 4. The van der Waals surface area contributed by atoms with E-state index in [1.165, 1.54) is 0 Å². The Labute approximate surface area is 189 Å². The minimum atomic E-state index is 0.116. The van der Waals surface area contributed by atoms with Crippen LogP contribution in [0.1, 0.15) is 47.8 Å². The summed E-state index contributed by atoms with van der Waals surface area (Å²) in [5.74, 6) is 2.16. The van der Waals surface area contributed by atoms with Gasteiger partial charge in [0.2, 0.25) is 5.91 Å². The lowest BCUT2D eigenvalue weighted by Crippen LogP contribution is -2.42. The molecule has 0 saturated carbocycles. The number of rotatable bonds is 6. The molecule has 2 saturated heterocycles. The highest BCUT2D eigenvalue weighted by Crippen LogP contribution is 2.22. The number of thiophene rings is 1. The van der Waals surface area contributed by atoms with Crippen LogP contribution in [0.25, 0.3) is 0 Å². The van der Waals surface area contributed by atoms with Gasteiger partial charge >= 0.3 is 0 Å². The van der Waals surface area contributed by atoms with Gasteiger partial charge in [0.15, 0.2) is 0 Å². The third-order valence-electron chi connectivity index (χ3n) is 6.44. The van der Waals surface area contributed by atoms with E-state index >= 15 is 0 Å². The molecule has 0 bridgehead atoms. The minimum absolute atomic E-state index is 0.116. The molecule has 0 aliphatic carbocycles. The van der Waals surface area contributed by atoms with Crippen molar-refractivity contribution in [2.75, 3.05) is 32.8 Å². The lowest BCUT2D eigenvalue weighted by atomic mass is 9.98. The fourth-order valence-electron chi connectivity index (χ4n) is 4.40. The molecular weight excluding hydrogens is 408 g/mol. The van der Waals surface area contributed by atoms with Gasteiger partial charge in [-0.25, -0.2) is 0 Å². The zero-order chi connectivity index (χ0) is 21.6. The molecule has 2 amide bonds. The summed E-state index contributed by atoms with van der Waals surface area (Å²) in [4.78, 5) is 30.3. The standard InChI is InChI=1S/C25H32N2O3S/c1-19-10-13-26(14-11-19)25(29)21-6-8-22(9-7-21)30-18-20-4-2-12-27(17-20)24(28)16-23-5-3-15-31-23/h3,5-9,15,19-20H,2,4,10-14,16-18H2,1H3/t20-/m1/s1. The van der Waals surface area contributed by atoms with Crippen LogP contribution in [0.3, 0.4) is 0 Å². The lowest BCUT2D eigenvalue weighted by molar-refractivity contribution is -0.132. The summed E-state index contributed by atoms with van der Waals surface area (Å²) in [6, 6.07) is 11.5. The van der Waals surface area contributed by atoms with Gasteiger partial charge in [-0.05, 0) is 67.3 Å². The molecule has 2 aromatic rings. The Kier molecular flexibility index (Phi) is 7.28. The first-order chi connectivity index (χ1) is 15.1. The second kappa shape index (κ2) is 10.3. The van der Waals surface area contributed by atoms with E-state index in [0.29, 0.717) is 24.9 Å². The molecule has 6 heteroatoms. The van der Waals surface area contributed by atoms with Crippen molar-refractivity contribution in [1.82, 2.24) is 9.80 Å². The van der Waals surface area contributed by atoms with Crippen LogP contribution < -0.4 is 4.74 Å². The van der Waals surface area contributed by atoms with Crippen molar-refractivity contribution in [2.45, 2.75) is 39.0 Å². The van der Waals surface area contributed by atoms with Gasteiger partial charge in [0, 0.05) is 42.5 Å². The second-order valence-corrected chi connectivity index (χ2v) is 9.95. The van der Waals surface area contributed by atoms with Gasteiger partial charge in [0.1, 0.15) is 5.75 Å². The first kappa shape index (κ1) is 21.9. The molecule has 0 unspecified atom stereocenters. The SMILES string of the molecule is CC1CCN(C(=O)c2ccc(OC[C@@H]3CCCN(C(=O)Cc4cccs4)C3)cc2)CC1. The van der Waals surface area contributed by atoms with Crippen LogP contribution in [0.2, 0.25) is 0 Å². The zero-order valence-corrected chi connectivity index (χ0v) is 19.1. The number of amides is 2. The van der Waals surface area contributed by atoms with Crippen molar-refractivity contribution < 1.29 is 14.3 Å². The number of benzene rings is 1. The van der Waals surface area contributed by atoms with E-state index in [4.69, 9.17) is 4.74 Å². The van der Waals surface area contributed by atoms with Crippen LogP contribution in [-0.2, 0) is 11.2 Å². The first-order valence-electron chi connectivity index (χ1n) is 11.4. The number of carbonyl (C=O) groups excluding carboxylic acids is 2. The maximum atomic E-state index is 12.7. The van der Waals surface area contributed by atoms with Crippen LogP contribution in [0.5, 0.6) is 5.75 Å². The van der Waals surface area contributed by atoms with E-state index in [-0.39, 0.29) is 11.8 Å². The van der Waals surface area contributed by atoms with Crippen LogP contribution in [-0.4, -0.2) is 54.4 Å². The van der Waals surface area contributed by atoms with E-state index < -0.39 is 0 Å².